The summed E-state index contributed by atoms with van der Waals surface area (Å²) in [6.45, 7) is 2.23. The molecule has 1 amide bonds. The molecule has 0 radical (unpaired) electrons. The lowest BCUT2D eigenvalue weighted by Gasteiger charge is -2.42. The van der Waals surface area contributed by atoms with E-state index in [9.17, 15) is 30.8 Å². The smallest absolute Gasteiger partial charge is 0.405 e. The SMILES string of the molecule is CCCS(=O)(=O)N1CCC(CNC(=O)c2ccccc2OC(F)(F)F)(c2ccc(F)cc2)CC1. The summed E-state index contributed by atoms with van der Waals surface area (Å²) in [6.07, 6.45) is -3.77. The molecule has 0 atom stereocenters. The number of hydrogen-bond donors (Lipinski definition) is 1. The van der Waals surface area contributed by atoms with E-state index in [2.05, 4.69) is 10.1 Å². The van der Waals surface area contributed by atoms with Gasteiger partial charge in [-0.15, -0.1) is 13.2 Å². The summed E-state index contributed by atoms with van der Waals surface area (Å²) in [7, 11) is -3.41. The number of sulfonamides is 1. The average Bonchev–Trinajstić information content (AvgIpc) is 2.77. The Bertz CT molecular complexity index is 1100. The molecule has 0 spiro atoms. The number of nitrogens with zero attached hydrogens (tertiary/aromatic N) is 1. The van der Waals surface area contributed by atoms with Crippen LogP contribution in [0, 0.1) is 5.82 Å². The van der Waals surface area contributed by atoms with Crippen LogP contribution in [0.25, 0.3) is 0 Å². The van der Waals surface area contributed by atoms with Gasteiger partial charge in [-0.1, -0.05) is 31.2 Å². The lowest BCUT2D eigenvalue weighted by atomic mass is 9.73. The first-order valence-corrected chi connectivity index (χ1v) is 12.4. The number of para-hydroxylation sites is 1. The van der Waals surface area contributed by atoms with Crippen LogP contribution in [0.4, 0.5) is 17.6 Å². The van der Waals surface area contributed by atoms with Crippen LogP contribution in [-0.4, -0.2) is 50.4 Å². The number of nitrogens with one attached hydrogen (secondary N) is 1. The Kier molecular flexibility index (Phi) is 7.87. The molecule has 0 unspecified atom stereocenters. The van der Waals surface area contributed by atoms with Crippen LogP contribution < -0.4 is 10.1 Å². The van der Waals surface area contributed by atoms with Crippen molar-refractivity contribution < 1.29 is 35.5 Å². The fraction of sp³-hybridized carbons (Fsp3) is 0.435. The molecule has 1 aliphatic heterocycles. The van der Waals surface area contributed by atoms with Crippen LogP contribution in [0.5, 0.6) is 5.75 Å². The van der Waals surface area contributed by atoms with Crippen molar-refractivity contribution in [2.24, 2.45) is 0 Å². The van der Waals surface area contributed by atoms with Crippen LogP contribution in [0.1, 0.15) is 42.1 Å². The lowest BCUT2D eigenvalue weighted by molar-refractivity contribution is -0.274. The molecule has 1 fully saturated rings. The molecule has 0 bridgehead atoms. The lowest BCUT2D eigenvalue weighted by Crippen LogP contribution is -2.50. The maximum absolute atomic E-state index is 13.5. The molecular formula is C23H26F4N2O4S. The van der Waals surface area contributed by atoms with E-state index in [1.165, 1.54) is 34.6 Å². The monoisotopic (exact) mass is 502 g/mol. The molecule has 2 aromatic rings. The first-order chi connectivity index (χ1) is 16.0. The van der Waals surface area contributed by atoms with E-state index < -0.39 is 39.3 Å². The molecule has 1 N–H and O–H groups in total. The van der Waals surface area contributed by atoms with Crippen LogP contribution in [0.2, 0.25) is 0 Å². The molecule has 1 saturated heterocycles. The summed E-state index contributed by atoms with van der Waals surface area (Å²) in [5, 5.41) is 2.68. The highest BCUT2D eigenvalue weighted by atomic mass is 32.2. The largest absolute Gasteiger partial charge is 0.573 e. The zero-order valence-electron chi connectivity index (χ0n) is 18.6. The fourth-order valence-electron chi connectivity index (χ4n) is 4.16. The predicted molar refractivity (Wildman–Crippen MR) is 118 cm³/mol. The summed E-state index contributed by atoms with van der Waals surface area (Å²) < 4.78 is 82.1. The quantitative estimate of drug-likeness (QED) is 0.549. The normalized spacial score (nSPS) is 16.7. The van der Waals surface area contributed by atoms with Crippen molar-refractivity contribution in [3.05, 3.63) is 65.5 Å². The molecule has 0 saturated carbocycles. The first-order valence-electron chi connectivity index (χ1n) is 10.8. The zero-order valence-corrected chi connectivity index (χ0v) is 19.4. The molecule has 3 rings (SSSR count). The Labute approximate surface area is 196 Å². The van der Waals surface area contributed by atoms with Crippen LogP contribution in [-0.2, 0) is 15.4 Å². The first kappa shape index (κ1) is 26.0. The van der Waals surface area contributed by atoms with Gasteiger partial charge in [0, 0.05) is 25.0 Å². The van der Waals surface area contributed by atoms with Gasteiger partial charge < -0.3 is 10.1 Å². The van der Waals surface area contributed by atoms with Crippen molar-refractivity contribution >= 4 is 15.9 Å². The van der Waals surface area contributed by atoms with E-state index in [4.69, 9.17) is 0 Å². The van der Waals surface area contributed by atoms with Crippen LogP contribution in [0.15, 0.2) is 48.5 Å². The van der Waals surface area contributed by atoms with Gasteiger partial charge >= 0.3 is 6.36 Å². The number of rotatable bonds is 8. The van der Waals surface area contributed by atoms with E-state index in [0.29, 0.717) is 24.8 Å². The number of ether oxygens (including phenoxy) is 1. The van der Waals surface area contributed by atoms with Gasteiger partial charge in [0.1, 0.15) is 11.6 Å². The summed E-state index contributed by atoms with van der Waals surface area (Å²) in [4.78, 5) is 12.8. The number of carbonyl (C=O) groups is 1. The van der Waals surface area contributed by atoms with Gasteiger partial charge in [0.15, 0.2) is 0 Å². The van der Waals surface area contributed by atoms with Crippen molar-refractivity contribution in [3.8, 4) is 5.75 Å². The summed E-state index contributed by atoms with van der Waals surface area (Å²) in [5.41, 5.74) is -0.292. The maximum atomic E-state index is 13.5. The molecule has 0 aromatic heterocycles. The number of piperidine rings is 1. The number of carbonyl (C=O) groups excluding carboxylic acids is 1. The Morgan fingerprint density at radius 1 is 1.09 bits per heavy atom. The number of alkyl halides is 3. The highest BCUT2D eigenvalue weighted by molar-refractivity contribution is 7.89. The second kappa shape index (κ2) is 10.3. The molecule has 186 valence electrons. The molecular weight excluding hydrogens is 476 g/mol. The van der Waals surface area contributed by atoms with Gasteiger partial charge in [-0.2, -0.15) is 0 Å². The summed E-state index contributed by atoms with van der Waals surface area (Å²) >= 11 is 0. The highest BCUT2D eigenvalue weighted by Crippen LogP contribution is 2.36. The van der Waals surface area contributed by atoms with E-state index in [1.54, 1.807) is 19.1 Å². The second-order valence-electron chi connectivity index (χ2n) is 8.23. The van der Waals surface area contributed by atoms with Gasteiger partial charge in [-0.25, -0.2) is 17.1 Å². The average molecular weight is 503 g/mol. The summed E-state index contributed by atoms with van der Waals surface area (Å²) in [5.74, 6) is -1.79. The Morgan fingerprint density at radius 3 is 2.29 bits per heavy atom. The third kappa shape index (κ3) is 6.26. The Hall–Kier alpha value is -2.66. The van der Waals surface area contributed by atoms with Gasteiger partial charge in [-0.3, -0.25) is 4.79 Å². The number of amides is 1. The number of hydrogen-bond acceptors (Lipinski definition) is 4. The predicted octanol–water partition coefficient (Wildman–Crippen LogP) is 4.23. The maximum Gasteiger partial charge on any atom is 0.573 e. The van der Waals surface area contributed by atoms with Gasteiger partial charge in [0.25, 0.3) is 5.91 Å². The van der Waals surface area contributed by atoms with Crippen molar-refractivity contribution in [3.63, 3.8) is 0 Å². The molecule has 2 aromatic carbocycles. The van der Waals surface area contributed by atoms with Crippen LogP contribution in [0.3, 0.4) is 0 Å². The Balaban J connectivity index is 1.82. The van der Waals surface area contributed by atoms with E-state index in [-0.39, 0.29) is 31.0 Å². The van der Waals surface area contributed by atoms with Crippen molar-refractivity contribution in [1.29, 1.82) is 0 Å². The van der Waals surface area contributed by atoms with E-state index in [0.717, 1.165) is 6.07 Å². The minimum absolute atomic E-state index is 0.0273. The molecule has 34 heavy (non-hydrogen) atoms. The zero-order chi connectivity index (χ0) is 25.0. The number of halogens is 4. The van der Waals surface area contributed by atoms with Crippen LogP contribution >= 0.6 is 0 Å². The van der Waals surface area contributed by atoms with Crippen molar-refractivity contribution in [2.75, 3.05) is 25.4 Å². The van der Waals surface area contributed by atoms with E-state index >= 15 is 0 Å². The highest BCUT2D eigenvalue weighted by Gasteiger charge is 2.40. The van der Waals surface area contributed by atoms with Crippen molar-refractivity contribution in [1.82, 2.24) is 9.62 Å². The number of benzene rings is 2. The van der Waals surface area contributed by atoms with Gasteiger partial charge in [-0.05, 0) is 49.1 Å². The van der Waals surface area contributed by atoms with Crippen molar-refractivity contribution in [2.45, 2.75) is 38.0 Å². The molecule has 1 aliphatic rings. The Morgan fingerprint density at radius 2 is 1.71 bits per heavy atom. The van der Waals surface area contributed by atoms with Gasteiger partial charge in [0.2, 0.25) is 10.0 Å². The third-order valence-electron chi connectivity index (χ3n) is 5.94. The minimum Gasteiger partial charge on any atom is -0.405 e. The molecule has 6 nitrogen and oxygen atoms in total. The molecule has 0 aliphatic carbocycles. The second-order valence-corrected chi connectivity index (χ2v) is 10.3. The molecule has 11 heteroatoms. The topological polar surface area (TPSA) is 75.7 Å². The molecule has 1 heterocycles. The fourth-order valence-corrected chi connectivity index (χ4v) is 5.68. The third-order valence-corrected chi connectivity index (χ3v) is 8.01. The van der Waals surface area contributed by atoms with E-state index in [1.807, 2.05) is 0 Å². The standard InChI is InChI=1S/C23H26F4N2O4S/c1-2-15-34(31,32)29-13-11-22(12-14-29,17-7-9-18(24)10-8-17)16-28-21(30)19-5-3-4-6-20(19)33-23(25,26)27/h3-10H,2,11-16H2,1H3,(H,28,30). The summed E-state index contributed by atoms with van der Waals surface area (Å²) in [6, 6.07) is 10.7. The minimum atomic E-state index is -4.96. The van der Waals surface area contributed by atoms with Gasteiger partial charge in [0.05, 0.1) is 11.3 Å².